The Labute approximate surface area is 104 Å². The van der Waals surface area contributed by atoms with E-state index in [1.54, 1.807) is 7.11 Å². The van der Waals surface area contributed by atoms with E-state index < -0.39 is 0 Å². The van der Waals surface area contributed by atoms with Gasteiger partial charge in [-0.15, -0.1) is 0 Å². The summed E-state index contributed by atoms with van der Waals surface area (Å²) in [5.74, 6) is 0.298. The number of rotatable bonds is 7. The van der Waals surface area contributed by atoms with Gasteiger partial charge in [-0.2, -0.15) is 0 Å². The van der Waals surface area contributed by atoms with Crippen LogP contribution >= 0.6 is 0 Å². The van der Waals surface area contributed by atoms with Gasteiger partial charge >= 0.3 is 0 Å². The molecule has 0 aromatic carbocycles. The van der Waals surface area contributed by atoms with Crippen molar-refractivity contribution in [2.24, 2.45) is 11.7 Å². The van der Waals surface area contributed by atoms with Crippen molar-refractivity contribution >= 4 is 5.91 Å². The molecule has 17 heavy (non-hydrogen) atoms. The highest BCUT2D eigenvalue weighted by molar-refractivity contribution is 5.78. The minimum Gasteiger partial charge on any atom is -0.383 e. The summed E-state index contributed by atoms with van der Waals surface area (Å²) in [7, 11) is 3.72. The standard InChI is InChI=1S/C12H25N3O2/c1-15(7-8-17-2)6-5-14-12(16)10-3-4-11(13)9-10/h10-11H,3-9,13H2,1-2H3,(H,14,16). The van der Waals surface area contributed by atoms with Crippen LogP contribution in [0.25, 0.3) is 0 Å². The molecule has 5 nitrogen and oxygen atoms in total. The van der Waals surface area contributed by atoms with E-state index >= 15 is 0 Å². The quantitative estimate of drug-likeness (QED) is 0.650. The van der Waals surface area contributed by atoms with Crippen LogP contribution in [-0.4, -0.2) is 57.2 Å². The SMILES string of the molecule is COCCN(C)CCNC(=O)C1CCC(N)C1. The first kappa shape index (κ1) is 14.4. The van der Waals surface area contributed by atoms with Crippen LogP contribution in [0.4, 0.5) is 0 Å². The van der Waals surface area contributed by atoms with E-state index in [9.17, 15) is 4.79 Å². The van der Waals surface area contributed by atoms with E-state index in [4.69, 9.17) is 10.5 Å². The molecule has 0 spiro atoms. The van der Waals surface area contributed by atoms with Gasteiger partial charge < -0.3 is 20.7 Å². The lowest BCUT2D eigenvalue weighted by molar-refractivity contribution is -0.124. The molecule has 0 aromatic rings. The summed E-state index contributed by atoms with van der Waals surface area (Å²) in [5.41, 5.74) is 5.79. The third kappa shape index (κ3) is 5.48. The van der Waals surface area contributed by atoms with E-state index in [1.807, 2.05) is 7.05 Å². The van der Waals surface area contributed by atoms with Gasteiger partial charge in [0.1, 0.15) is 0 Å². The van der Waals surface area contributed by atoms with Crippen LogP contribution in [0.2, 0.25) is 0 Å². The highest BCUT2D eigenvalue weighted by atomic mass is 16.5. The van der Waals surface area contributed by atoms with Crippen LogP contribution in [0, 0.1) is 5.92 Å². The first-order valence-corrected chi connectivity index (χ1v) is 6.34. The summed E-state index contributed by atoms with van der Waals surface area (Å²) in [4.78, 5) is 13.9. The number of carbonyl (C=O) groups excluding carboxylic acids is 1. The van der Waals surface area contributed by atoms with Crippen molar-refractivity contribution < 1.29 is 9.53 Å². The average molecular weight is 243 g/mol. The number of methoxy groups -OCH3 is 1. The van der Waals surface area contributed by atoms with E-state index in [-0.39, 0.29) is 17.9 Å². The molecule has 5 heteroatoms. The summed E-state index contributed by atoms with van der Waals surface area (Å²) in [6.07, 6.45) is 2.75. The molecule has 2 atom stereocenters. The first-order chi connectivity index (χ1) is 8.13. The molecule has 0 bridgehead atoms. The fourth-order valence-electron chi connectivity index (χ4n) is 2.13. The van der Waals surface area contributed by atoms with E-state index in [0.717, 1.165) is 39.0 Å². The maximum absolute atomic E-state index is 11.8. The summed E-state index contributed by atoms with van der Waals surface area (Å²) < 4.78 is 4.99. The van der Waals surface area contributed by atoms with Crippen molar-refractivity contribution in [1.82, 2.24) is 10.2 Å². The predicted molar refractivity (Wildman–Crippen MR) is 67.7 cm³/mol. The topological polar surface area (TPSA) is 67.6 Å². The molecule has 2 unspecified atom stereocenters. The normalized spacial score (nSPS) is 24.2. The van der Waals surface area contributed by atoms with Crippen molar-refractivity contribution in [1.29, 1.82) is 0 Å². The zero-order valence-corrected chi connectivity index (χ0v) is 10.9. The van der Waals surface area contributed by atoms with Crippen LogP contribution in [0.15, 0.2) is 0 Å². The molecular weight excluding hydrogens is 218 g/mol. The van der Waals surface area contributed by atoms with Gasteiger partial charge in [-0.25, -0.2) is 0 Å². The Bertz CT molecular complexity index is 236. The predicted octanol–water partition coefficient (Wildman–Crippen LogP) is -0.192. The van der Waals surface area contributed by atoms with Crippen LogP contribution in [-0.2, 0) is 9.53 Å². The van der Waals surface area contributed by atoms with Crippen LogP contribution < -0.4 is 11.1 Å². The van der Waals surface area contributed by atoms with Crippen molar-refractivity contribution in [3.05, 3.63) is 0 Å². The lowest BCUT2D eigenvalue weighted by Gasteiger charge is -2.17. The molecule has 1 amide bonds. The number of ether oxygens (including phenoxy) is 1. The fraction of sp³-hybridized carbons (Fsp3) is 0.917. The number of amides is 1. The Hall–Kier alpha value is -0.650. The van der Waals surface area contributed by atoms with E-state index in [2.05, 4.69) is 10.2 Å². The molecule has 1 saturated carbocycles. The Kier molecular flexibility index (Phi) is 6.47. The van der Waals surface area contributed by atoms with Crippen molar-refractivity contribution in [2.75, 3.05) is 40.4 Å². The first-order valence-electron chi connectivity index (χ1n) is 6.34. The van der Waals surface area contributed by atoms with Gasteiger partial charge in [-0.3, -0.25) is 4.79 Å². The Balaban J connectivity index is 2.07. The summed E-state index contributed by atoms with van der Waals surface area (Å²) >= 11 is 0. The molecular formula is C12H25N3O2. The highest BCUT2D eigenvalue weighted by Gasteiger charge is 2.27. The minimum atomic E-state index is 0.134. The maximum atomic E-state index is 11.8. The zero-order valence-electron chi connectivity index (χ0n) is 10.9. The van der Waals surface area contributed by atoms with Gasteiger partial charge in [0.2, 0.25) is 5.91 Å². The van der Waals surface area contributed by atoms with Gasteiger partial charge in [0, 0.05) is 38.7 Å². The van der Waals surface area contributed by atoms with Crippen LogP contribution in [0.3, 0.4) is 0 Å². The Morgan fingerprint density at radius 3 is 2.82 bits per heavy atom. The van der Waals surface area contributed by atoms with Gasteiger partial charge in [0.25, 0.3) is 0 Å². The van der Waals surface area contributed by atoms with Gasteiger partial charge in [-0.1, -0.05) is 0 Å². The van der Waals surface area contributed by atoms with Gasteiger partial charge in [-0.05, 0) is 26.3 Å². The van der Waals surface area contributed by atoms with Crippen LogP contribution in [0.1, 0.15) is 19.3 Å². The molecule has 1 aliphatic rings. The van der Waals surface area contributed by atoms with Crippen molar-refractivity contribution in [3.63, 3.8) is 0 Å². The lowest BCUT2D eigenvalue weighted by Crippen LogP contribution is -2.37. The molecule has 1 rings (SSSR count). The minimum absolute atomic E-state index is 0.134. The zero-order chi connectivity index (χ0) is 12.7. The maximum Gasteiger partial charge on any atom is 0.223 e. The Morgan fingerprint density at radius 1 is 1.47 bits per heavy atom. The smallest absolute Gasteiger partial charge is 0.223 e. The van der Waals surface area contributed by atoms with Crippen molar-refractivity contribution in [3.8, 4) is 0 Å². The number of hydrogen-bond donors (Lipinski definition) is 2. The number of hydrogen-bond acceptors (Lipinski definition) is 4. The van der Waals surface area contributed by atoms with Gasteiger partial charge in [0.05, 0.1) is 6.61 Å². The summed E-state index contributed by atoms with van der Waals surface area (Å²) in [6.45, 7) is 3.17. The second-order valence-corrected chi connectivity index (χ2v) is 4.86. The number of nitrogens with zero attached hydrogens (tertiary/aromatic N) is 1. The van der Waals surface area contributed by atoms with Crippen LogP contribution in [0.5, 0.6) is 0 Å². The fourth-order valence-corrected chi connectivity index (χ4v) is 2.13. The second kappa shape index (κ2) is 7.63. The molecule has 1 aliphatic carbocycles. The molecule has 1 fully saturated rings. The third-order valence-electron chi connectivity index (χ3n) is 3.31. The number of carbonyl (C=O) groups is 1. The number of nitrogens with two attached hydrogens (primary N) is 1. The highest BCUT2D eigenvalue weighted by Crippen LogP contribution is 2.23. The Morgan fingerprint density at radius 2 is 2.24 bits per heavy atom. The second-order valence-electron chi connectivity index (χ2n) is 4.86. The lowest BCUT2D eigenvalue weighted by atomic mass is 10.1. The summed E-state index contributed by atoms with van der Waals surface area (Å²) in [6, 6.07) is 0.218. The molecule has 0 saturated heterocycles. The molecule has 0 radical (unpaired) electrons. The molecule has 100 valence electrons. The molecule has 0 aliphatic heterocycles. The molecule has 0 aromatic heterocycles. The number of nitrogens with one attached hydrogen (secondary N) is 1. The monoisotopic (exact) mass is 243 g/mol. The van der Waals surface area contributed by atoms with Gasteiger partial charge in [0.15, 0.2) is 0 Å². The molecule has 0 heterocycles. The van der Waals surface area contributed by atoms with Crippen molar-refractivity contribution in [2.45, 2.75) is 25.3 Å². The van der Waals surface area contributed by atoms with E-state index in [0.29, 0.717) is 6.54 Å². The summed E-state index contributed by atoms with van der Waals surface area (Å²) in [5, 5.41) is 2.98. The van der Waals surface area contributed by atoms with E-state index in [1.165, 1.54) is 0 Å². The average Bonchev–Trinajstić information content (AvgIpc) is 2.73. The largest absolute Gasteiger partial charge is 0.383 e. The molecule has 3 N–H and O–H groups in total. The third-order valence-corrected chi connectivity index (χ3v) is 3.31. The number of likely N-dealkylation sites (N-methyl/N-ethyl adjacent to an activating group) is 1.